The number of benzene rings is 2. The summed E-state index contributed by atoms with van der Waals surface area (Å²) in [4.78, 5) is 0. The van der Waals surface area contributed by atoms with Gasteiger partial charge in [-0.05, 0) is 36.8 Å². The van der Waals surface area contributed by atoms with Crippen molar-refractivity contribution in [1.29, 1.82) is 0 Å². The number of ether oxygens (including phenoxy) is 5. The maximum atomic E-state index is 10.9. The number of rotatable bonds is 9. The summed E-state index contributed by atoms with van der Waals surface area (Å²) in [5.74, 6) is 0.383. The van der Waals surface area contributed by atoms with Crippen molar-refractivity contribution in [1.82, 2.24) is 0 Å². The zero-order valence-corrected chi connectivity index (χ0v) is 22.2. The first-order chi connectivity index (χ1) is 17.3. The van der Waals surface area contributed by atoms with Gasteiger partial charge in [-0.15, -0.1) is 0 Å². The number of hydrogen-bond acceptors (Lipinski definition) is 6. The molecule has 2 fully saturated rings. The second-order valence-electron chi connectivity index (χ2n) is 10.5. The van der Waals surface area contributed by atoms with Crippen LogP contribution in [0.15, 0.2) is 60.7 Å². The largest absolute Gasteiger partial charge is 0.388 e. The van der Waals surface area contributed by atoms with Crippen molar-refractivity contribution in [2.75, 3.05) is 6.61 Å². The summed E-state index contributed by atoms with van der Waals surface area (Å²) < 4.78 is 31.5. The topological polar surface area (TPSA) is 66.4 Å². The molecule has 1 N–H and O–H groups in total. The summed E-state index contributed by atoms with van der Waals surface area (Å²) in [6.07, 6.45) is -2.53. The molecule has 0 aromatic heterocycles. The third kappa shape index (κ3) is 6.55. The molecule has 0 saturated carbocycles. The first-order valence-corrected chi connectivity index (χ1v) is 13.3. The second kappa shape index (κ2) is 12.6. The first kappa shape index (κ1) is 27.2. The van der Waals surface area contributed by atoms with Crippen LogP contribution in [0.25, 0.3) is 0 Å². The standard InChI is InChI=1S/C30H42O6/c1-19-20(2)29(33-17-25-14-10-7-11-15-25)30(36-28-21(3)22(4)34-23(5)27(28)31)35-26(19)18-32-16-24-12-8-6-9-13-24/h6-15,19-23,26-31H,16-18H2,1-5H3/t19-,20?,21-,22?,23-,26-,27?,28-,29?,30+/m0/s1. The molecule has 10 atom stereocenters. The van der Waals surface area contributed by atoms with Crippen molar-refractivity contribution in [3.63, 3.8) is 0 Å². The highest BCUT2D eigenvalue weighted by atomic mass is 16.7. The number of hydrogen-bond donors (Lipinski definition) is 1. The van der Waals surface area contributed by atoms with Gasteiger partial charge in [0.05, 0.1) is 44.2 Å². The van der Waals surface area contributed by atoms with Crippen LogP contribution in [0, 0.1) is 17.8 Å². The molecule has 2 saturated heterocycles. The Balaban J connectivity index is 1.48. The van der Waals surface area contributed by atoms with E-state index in [0.717, 1.165) is 11.1 Å². The highest BCUT2D eigenvalue weighted by Gasteiger charge is 2.47. The molecule has 36 heavy (non-hydrogen) atoms. The van der Waals surface area contributed by atoms with Gasteiger partial charge in [0, 0.05) is 5.92 Å². The maximum absolute atomic E-state index is 10.9. The lowest BCUT2D eigenvalue weighted by Crippen LogP contribution is -2.58. The summed E-state index contributed by atoms with van der Waals surface area (Å²) in [7, 11) is 0. The molecule has 4 rings (SSSR count). The molecule has 0 radical (unpaired) electrons. The van der Waals surface area contributed by atoms with Crippen LogP contribution in [-0.4, -0.2) is 54.6 Å². The van der Waals surface area contributed by atoms with Crippen molar-refractivity contribution in [2.45, 2.75) is 90.7 Å². The molecule has 2 aromatic carbocycles. The fourth-order valence-corrected chi connectivity index (χ4v) is 5.17. The van der Waals surface area contributed by atoms with Crippen LogP contribution in [0.2, 0.25) is 0 Å². The Morgan fingerprint density at radius 3 is 1.94 bits per heavy atom. The second-order valence-corrected chi connectivity index (χ2v) is 10.5. The zero-order chi connectivity index (χ0) is 25.7. The highest BCUT2D eigenvalue weighted by Crippen LogP contribution is 2.37. The van der Waals surface area contributed by atoms with Crippen LogP contribution in [0.3, 0.4) is 0 Å². The zero-order valence-electron chi connectivity index (χ0n) is 22.2. The Kier molecular flexibility index (Phi) is 9.56. The van der Waals surface area contributed by atoms with Gasteiger partial charge in [0.25, 0.3) is 0 Å². The summed E-state index contributed by atoms with van der Waals surface area (Å²) in [6, 6.07) is 20.3. The fraction of sp³-hybridized carbons (Fsp3) is 0.600. The van der Waals surface area contributed by atoms with Gasteiger partial charge in [-0.25, -0.2) is 0 Å². The van der Waals surface area contributed by atoms with Gasteiger partial charge in [-0.2, -0.15) is 0 Å². The Morgan fingerprint density at radius 1 is 0.694 bits per heavy atom. The van der Waals surface area contributed by atoms with Gasteiger partial charge in [-0.3, -0.25) is 0 Å². The van der Waals surface area contributed by atoms with E-state index in [0.29, 0.717) is 19.8 Å². The molecule has 6 nitrogen and oxygen atoms in total. The molecule has 4 unspecified atom stereocenters. The predicted octanol–water partition coefficient (Wildman–Crippen LogP) is 4.98. The fourth-order valence-electron chi connectivity index (χ4n) is 5.17. The Hall–Kier alpha value is -1.80. The quantitative estimate of drug-likeness (QED) is 0.526. The van der Waals surface area contributed by atoms with Crippen molar-refractivity contribution in [2.24, 2.45) is 17.8 Å². The summed E-state index contributed by atoms with van der Waals surface area (Å²) in [5.41, 5.74) is 2.24. The summed E-state index contributed by atoms with van der Waals surface area (Å²) >= 11 is 0. The van der Waals surface area contributed by atoms with Crippen molar-refractivity contribution in [3.05, 3.63) is 71.8 Å². The van der Waals surface area contributed by atoms with E-state index in [-0.39, 0.29) is 42.2 Å². The van der Waals surface area contributed by atoms with Gasteiger partial charge in [0.15, 0.2) is 6.29 Å². The SMILES string of the molecule is CC1C(OCc2ccccc2)[C@@H](O[C@@H]2C(O)[C@H](C)OC(C)[C@@H]2C)O[C@@H](COCc2ccccc2)[C@H]1C. The lowest BCUT2D eigenvalue weighted by Gasteiger charge is -2.48. The molecular weight excluding hydrogens is 456 g/mol. The first-order valence-electron chi connectivity index (χ1n) is 13.3. The van der Waals surface area contributed by atoms with Gasteiger partial charge in [-0.1, -0.05) is 81.4 Å². The van der Waals surface area contributed by atoms with E-state index < -0.39 is 18.5 Å². The van der Waals surface area contributed by atoms with E-state index in [9.17, 15) is 5.11 Å². The minimum absolute atomic E-state index is 0.0111. The Bertz CT molecular complexity index is 892. The highest BCUT2D eigenvalue weighted by molar-refractivity contribution is 5.14. The third-order valence-corrected chi connectivity index (χ3v) is 7.99. The van der Waals surface area contributed by atoms with E-state index in [4.69, 9.17) is 23.7 Å². The van der Waals surface area contributed by atoms with E-state index in [2.05, 4.69) is 45.0 Å². The van der Waals surface area contributed by atoms with Crippen molar-refractivity contribution >= 4 is 0 Å². The van der Waals surface area contributed by atoms with E-state index >= 15 is 0 Å². The molecule has 0 spiro atoms. The maximum Gasteiger partial charge on any atom is 0.184 e. The van der Waals surface area contributed by atoms with Crippen molar-refractivity contribution < 1.29 is 28.8 Å². The molecule has 6 heteroatoms. The average Bonchev–Trinajstić information content (AvgIpc) is 2.89. The third-order valence-electron chi connectivity index (χ3n) is 7.99. The lowest BCUT2D eigenvalue weighted by atomic mass is 9.83. The smallest absolute Gasteiger partial charge is 0.184 e. The van der Waals surface area contributed by atoms with Crippen LogP contribution >= 0.6 is 0 Å². The normalized spacial score (nSPS) is 37.1. The Labute approximate surface area is 215 Å². The van der Waals surface area contributed by atoms with Crippen LogP contribution in [0.5, 0.6) is 0 Å². The molecular formula is C30H42O6. The van der Waals surface area contributed by atoms with Gasteiger partial charge in [0.1, 0.15) is 12.2 Å². The molecule has 0 aliphatic carbocycles. The molecule has 2 aliphatic heterocycles. The predicted molar refractivity (Wildman–Crippen MR) is 138 cm³/mol. The Morgan fingerprint density at radius 2 is 1.31 bits per heavy atom. The molecule has 0 bridgehead atoms. The monoisotopic (exact) mass is 498 g/mol. The van der Waals surface area contributed by atoms with Gasteiger partial charge >= 0.3 is 0 Å². The molecule has 2 heterocycles. The molecule has 0 amide bonds. The van der Waals surface area contributed by atoms with Gasteiger partial charge in [0.2, 0.25) is 0 Å². The van der Waals surface area contributed by atoms with Crippen LogP contribution in [0.4, 0.5) is 0 Å². The average molecular weight is 499 g/mol. The van der Waals surface area contributed by atoms with Crippen molar-refractivity contribution in [3.8, 4) is 0 Å². The van der Waals surface area contributed by atoms with Crippen LogP contribution in [-0.2, 0) is 36.9 Å². The van der Waals surface area contributed by atoms with Gasteiger partial charge < -0.3 is 28.8 Å². The number of aliphatic hydroxyl groups excluding tert-OH is 1. The molecule has 198 valence electrons. The van der Waals surface area contributed by atoms with Crippen LogP contribution in [0.1, 0.15) is 45.7 Å². The van der Waals surface area contributed by atoms with E-state index in [1.165, 1.54) is 0 Å². The molecule has 2 aromatic rings. The molecule has 2 aliphatic rings. The minimum atomic E-state index is -0.739. The summed E-state index contributed by atoms with van der Waals surface area (Å²) in [5, 5.41) is 10.9. The van der Waals surface area contributed by atoms with E-state index in [1.54, 1.807) is 0 Å². The minimum Gasteiger partial charge on any atom is -0.388 e. The van der Waals surface area contributed by atoms with Crippen LogP contribution < -0.4 is 0 Å². The summed E-state index contributed by atoms with van der Waals surface area (Å²) in [6.45, 7) is 11.8. The van der Waals surface area contributed by atoms with E-state index in [1.807, 2.05) is 50.2 Å². The lowest BCUT2D eigenvalue weighted by molar-refractivity contribution is -0.327. The number of aliphatic hydroxyl groups is 1.